The smallest absolute Gasteiger partial charge is 0.263 e. The van der Waals surface area contributed by atoms with Crippen molar-refractivity contribution in [2.45, 2.75) is 26.2 Å². The van der Waals surface area contributed by atoms with Crippen molar-refractivity contribution in [2.24, 2.45) is 0 Å². The van der Waals surface area contributed by atoms with Crippen LogP contribution in [0.15, 0.2) is 11.0 Å². The predicted octanol–water partition coefficient (Wildman–Crippen LogP) is 0.704. The van der Waals surface area contributed by atoms with E-state index in [2.05, 4.69) is 9.97 Å². The Morgan fingerprint density at radius 2 is 2.06 bits per heavy atom. The van der Waals surface area contributed by atoms with Gasteiger partial charge in [0.15, 0.2) is 0 Å². The minimum Gasteiger partial charge on any atom is -0.338 e. The van der Waals surface area contributed by atoms with Crippen LogP contribution < -0.4 is 5.56 Å². The molecule has 1 aliphatic heterocycles. The van der Waals surface area contributed by atoms with Crippen LogP contribution in [0.3, 0.4) is 0 Å². The largest absolute Gasteiger partial charge is 0.338 e. The molecule has 0 radical (unpaired) electrons. The van der Waals surface area contributed by atoms with Crippen LogP contribution in [0.4, 0.5) is 0 Å². The number of amides is 1. The number of likely N-dealkylation sites (tertiary alicyclic amines) is 1. The van der Waals surface area contributed by atoms with E-state index in [1.807, 2.05) is 0 Å². The summed E-state index contributed by atoms with van der Waals surface area (Å²) in [5.74, 6) is 0.327. The molecule has 16 heavy (non-hydrogen) atoms. The summed E-state index contributed by atoms with van der Waals surface area (Å²) in [6.45, 7) is 3.18. The SMILES string of the molecule is Cc1ncc(C(=O)N2CCCCC2)c(=O)[nH]1. The fraction of sp³-hybridized carbons (Fsp3) is 0.545. The Hall–Kier alpha value is -1.65. The molecule has 86 valence electrons. The summed E-state index contributed by atoms with van der Waals surface area (Å²) in [5, 5.41) is 0. The van der Waals surface area contributed by atoms with Gasteiger partial charge >= 0.3 is 0 Å². The Morgan fingerprint density at radius 1 is 1.38 bits per heavy atom. The number of aryl methyl sites for hydroxylation is 1. The van der Waals surface area contributed by atoms with Crippen molar-refractivity contribution in [2.75, 3.05) is 13.1 Å². The minimum atomic E-state index is -0.344. The van der Waals surface area contributed by atoms with Gasteiger partial charge in [0.1, 0.15) is 11.4 Å². The monoisotopic (exact) mass is 221 g/mol. The van der Waals surface area contributed by atoms with Gasteiger partial charge < -0.3 is 9.88 Å². The maximum Gasteiger partial charge on any atom is 0.263 e. The zero-order valence-electron chi connectivity index (χ0n) is 9.32. The summed E-state index contributed by atoms with van der Waals surface area (Å²) in [4.78, 5) is 31.8. The van der Waals surface area contributed by atoms with Crippen molar-refractivity contribution in [1.29, 1.82) is 0 Å². The summed E-state index contributed by atoms with van der Waals surface area (Å²) in [7, 11) is 0. The van der Waals surface area contributed by atoms with Crippen LogP contribution in [0, 0.1) is 6.92 Å². The average Bonchev–Trinajstić information content (AvgIpc) is 2.29. The van der Waals surface area contributed by atoms with Gasteiger partial charge in [-0.05, 0) is 26.2 Å². The molecule has 0 atom stereocenters. The molecule has 0 bridgehead atoms. The highest BCUT2D eigenvalue weighted by atomic mass is 16.2. The number of piperidine rings is 1. The Bertz CT molecular complexity index is 447. The van der Waals surface area contributed by atoms with E-state index in [1.54, 1.807) is 11.8 Å². The van der Waals surface area contributed by atoms with Crippen LogP contribution in [0.25, 0.3) is 0 Å². The molecule has 1 aliphatic rings. The Labute approximate surface area is 93.5 Å². The number of hydrogen-bond donors (Lipinski definition) is 1. The van der Waals surface area contributed by atoms with Gasteiger partial charge in [-0.25, -0.2) is 4.98 Å². The van der Waals surface area contributed by atoms with Crippen molar-refractivity contribution < 1.29 is 4.79 Å². The Kier molecular flexibility index (Phi) is 3.03. The molecule has 0 spiro atoms. The van der Waals surface area contributed by atoms with E-state index < -0.39 is 0 Å². The van der Waals surface area contributed by atoms with E-state index in [1.165, 1.54) is 6.20 Å². The lowest BCUT2D eigenvalue weighted by Gasteiger charge is -2.26. The zero-order valence-corrected chi connectivity index (χ0v) is 9.32. The van der Waals surface area contributed by atoms with Crippen molar-refractivity contribution in [3.63, 3.8) is 0 Å². The van der Waals surface area contributed by atoms with Gasteiger partial charge in [-0.3, -0.25) is 9.59 Å². The third-order valence-corrected chi connectivity index (χ3v) is 2.80. The minimum absolute atomic E-state index is 0.146. The van der Waals surface area contributed by atoms with Crippen molar-refractivity contribution in [1.82, 2.24) is 14.9 Å². The van der Waals surface area contributed by atoms with Crippen molar-refractivity contribution in [3.05, 3.63) is 27.9 Å². The van der Waals surface area contributed by atoms with Crippen LogP contribution >= 0.6 is 0 Å². The van der Waals surface area contributed by atoms with Crippen molar-refractivity contribution >= 4 is 5.91 Å². The lowest BCUT2D eigenvalue weighted by Crippen LogP contribution is -2.38. The van der Waals surface area contributed by atoms with E-state index in [-0.39, 0.29) is 17.0 Å². The first-order valence-corrected chi connectivity index (χ1v) is 5.53. The van der Waals surface area contributed by atoms with Crippen LogP contribution in [0.5, 0.6) is 0 Å². The molecule has 0 aliphatic carbocycles. The second-order valence-corrected chi connectivity index (χ2v) is 4.06. The summed E-state index contributed by atoms with van der Waals surface area (Å²) in [5.41, 5.74) is -0.199. The van der Waals surface area contributed by atoms with Crippen molar-refractivity contribution in [3.8, 4) is 0 Å². The maximum absolute atomic E-state index is 12.0. The highest BCUT2D eigenvalue weighted by molar-refractivity contribution is 5.93. The van der Waals surface area contributed by atoms with E-state index in [0.29, 0.717) is 5.82 Å². The average molecular weight is 221 g/mol. The number of hydrogen-bond acceptors (Lipinski definition) is 3. The molecule has 1 amide bonds. The molecule has 1 aromatic rings. The van der Waals surface area contributed by atoms with E-state index in [4.69, 9.17) is 0 Å². The molecule has 5 heteroatoms. The van der Waals surface area contributed by atoms with Crippen LogP contribution in [-0.4, -0.2) is 33.9 Å². The Morgan fingerprint density at radius 3 is 2.69 bits per heavy atom. The molecule has 0 saturated carbocycles. The number of rotatable bonds is 1. The number of carbonyl (C=O) groups excluding carboxylic acids is 1. The first-order chi connectivity index (χ1) is 7.68. The van der Waals surface area contributed by atoms with Gasteiger partial charge in [0.05, 0.1) is 0 Å². The number of nitrogens with one attached hydrogen (secondary N) is 1. The number of H-pyrrole nitrogens is 1. The molecule has 1 N–H and O–H groups in total. The topological polar surface area (TPSA) is 66.1 Å². The quantitative estimate of drug-likeness (QED) is 0.759. The number of aromatic nitrogens is 2. The summed E-state index contributed by atoms with van der Waals surface area (Å²) in [6, 6.07) is 0. The molecule has 2 rings (SSSR count). The number of carbonyl (C=O) groups is 1. The molecule has 2 heterocycles. The van der Waals surface area contributed by atoms with E-state index >= 15 is 0 Å². The molecular weight excluding hydrogens is 206 g/mol. The molecule has 1 fully saturated rings. The van der Waals surface area contributed by atoms with Gasteiger partial charge in [-0.2, -0.15) is 0 Å². The fourth-order valence-electron chi connectivity index (χ4n) is 1.90. The highest BCUT2D eigenvalue weighted by Gasteiger charge is 2.20. The maximum atomic E-state index is 12.0. The molecular formula is C11H15N3O2. The second-order valence-electron chi connectivity index (χ2n) is 4.06. The van der Waals surface area contributed by atoms with Crippen LogP contribution in [0.2, 0.25) is 0 Å². The van der Waals surface area contributed by atoms with Crippen LogP contribution in [-0.2, 0) is 0 Å². The summed E-state index contributed by atoms with van der Waals surface area (Å²) < 4.78 is 0. The third-order valence-electron chi connectivity index (χ3n) is 2.80. The standard InChI is InChI=1S/C11H15N3O2/c1-8-12-7-9(10(15)13-8)11(16)14-5-3-2-4-6-14/h7H,2-6H2,1H3,(H,12,13,15). The molecule has 0 unspecified atom stereocenters. The first-order valence-electron chi connectivity index (χ1n) is 5.53. The van der Waals surface area contributed by atoms with E-state index in [9.17, 15) is 9.59 Å². The molecule has 5 nitrogen and oxygen atoms in total. The zero-order chi connectivity index (χ0) is 11.5. The molecule has 1 aromatic heterocycles. The lowest BCUT2D eigenvalue weighted by molar-refractivity contribution is 0.0722. The summed E-state index contributed by atoms with van der Waals surface area (Å²) in [6.07, 6.45) is 4.56. The normalized spacial score (nSPS) is 16.2. The van der Waals surface area contributed by atoms with Gasteiger partial charge in [0.2, 0.25) is 0 Å². The van der Waals surface area contributed by atoms with Gasteiger partial charge in [-0.15, -0.1) is 0 Å². The lowest BCUT2D eigenvalue weighted by atomic mass is 10.1. The van der Waals surface area contributed by atoms with Gasteiger partial charge in [0, 0.05) is 19.3 Å². The third kappa shape index (κ3) is 2.13. The number of nitrogens with zero attached hydrogens (tertiary/aromatic N) is 2. The van der Waals surface area contributed by atoms with Gasteiger partial charge in [-0.1, -0.05) is 0 Å². The molecule has 1 saturated heterocycles. The molecule has 0 aromatic carbocycles. The highest BCUT2D eigenvalue weighted by Crippen LogP contribution is 2.10. The van der Waals surface area contributed by atoms with Crippen LogP contribution in [0.1, 0.15) is 35.4 Å². The number of aromatic amines is 1. The summed E-state index contributed by atoms with van der Waals surface area (Å²) >= 11 is 0. The van der Waals surface area contributed by atoms with Gasteiger partial charge in [0.25, 0.3) is 11.5 Å². The second kappa shape index (κ2) is 4.47. The first kappa shape index (κ1) is 10.9. The Balaban J connectivity index is 2.23. The van der Waals surface area contributed by atoms with E-state index in [0.717, 1.165) is 32.4 Å². The predicted molar refractivity (Wildman–Crippen MR) is 59.3 cm³/mol. The fourth-order valence-corrected chi connectivity index (χ4v) is 1.90.